The van der Waals surface area contributed by atoms with Crippen molar-refractivity contribution >= 4 is 55.7 Å². The summed E-state index contributed by atoms with van der Waals surface area (Å²) in [4.78, 5) is 33.9. The molecule has 6 N–H and O–H groups in total. The molecular weight excluding hydrogens is 842 g/mol. The van der Waals surface area contributed by atoms with E-state index in [1.807, 2.05) is 53.7 Å². The Kier molecular flexibility index (Phi) is 28.1. The van der Waals surface area contributed by atoms with Crippen LogP contribution >= 0.6 is 0 Å². The largest absolute Gasteiger partial charge is 1.00 e. The first kappa shape index (κ1) is 60.9. The zero-order chi connectivity index (χ0) is 45.7. The summed E-state index contributed by atoms with van der Waals surface area (Å²) in [6, 6.07) is 10.3. The molecule has 344 valence electrons. The van der Waals surface area contributed by atoms with Crippen molar-refractivity contribution in [3.63, 3.8) is 0 Å². The molecule has 0 aliphatic carbocycles. The molecule has 3 aromatic rings. The van der Waals surface area contributed by atoms with Gasteiger partial charge in [-0.25, -0.2) is 0 Å². The van der Waals surface area contributed by atoms with E-state index in [-0.39, 0.29) is 112 Å². The van der Waals surface area contributed by atoms with Gasteiger partial charge in [0.15, 0.2) is 0 Å². The summed E-state index contributed by atoms with van der Waals surface area (Å²) in [5, 5.41) is 48.0. The zero-order valence-corrected chi connectivity index (χ0v) is 40.0. The Morgan fingerprint density at radius 1 is 0.703 bits per heavy atom. The van der Waals surface area contributed by atoms with Crippen LogP contribution in [0, 0.1) is 20.8 Å². The molecule has 22 heteroatoms. The number of esters is 2. The fourth-order valence-corrected chi connectivity index (χ4v) is 7.24. The molecule has 3 unspecified atom stereocenters. The number of fused-ring (bicyclic) bond motifs is 3. The standard InChI is InChI=1S/C15H21BO5.C13H17BO5.C12H15BO5.CH3F.CH4.Li.Na.H2O.H/c1-5-19-14(17)8-13-15-10(4)6-11(20-9(2)3)7-12(15)16(18)21-13;1-7(2)18-9-4-8(3)13-10(5-9)14(17)19-11(13)6-12(15)16;1-3-17-11(15)6-10-12-7(2)4-8(14)5-9(12)13(16)18-10;1-2;;;;;/h6-7,9,13,18H,5,8H2,1-4H3;4-5,7,11,17H,6H2,1-3H3,(H,15,16);4-5,10,14,16H,3,6H2,1-2H3;1H3;1H4;;;1H2;/q;;;;;2*+1;;-1/p-1/i;;;1D;;;;;. The van der Waals surface area contributed by atoms with Crippen LogP contribution in [0.4, 0.5) is 4.39 Å². The topological polar surface area (TPSA) is 247 Å². The molecule has 0 fully saturated rings. The minimum absolute atomic E-state index is 0. The smallest absolute Gasteiger partial charge is 1.00 e. The van der Waals surface area contributed by atoms with Crippen LogP contribution in [0.2, 0.25) is 0 Å². The number of alkyl halides is 1. The first-order chi connectivity index (χ1) is 28.7. The van der Waals surface area contributed by atoms with Crippen LogP contribution in [0.5, 0.6) is 17.2 Å². The maximum Gasteiger partial charge on any atom is 1.00 e. The number of carboxylic acids is 1. The zero-order valence-electron chi connectivity index (χ0n) is 40.0. The van der Waals surface area contributed by atoms with E-state index in [2.05, 4.69) is 0 Å². The molecule has 3 aromatic carbocycles. The Hall–Kier alpha value is -3.09. The van der Waals surface area contributed by atoms with Crippen LogP contribution in [0.15, 0.2) is 36.4 Å². The van der Waals surface area contributed by atoms with Gasteiger partial charge < -0.3 is 65.1 Å². The maximum absolute atomic E-state index is 11.6. The van der Waals surface area contributed by atoms with Crippen molar-refractivity contribution < 1.29 is 134 Å². The van der Waals surface area contributed by atoms with E-state index < -0.39 is 52.8 Å². The number of aryl methyl sites for hydroxylation is 3. The number of halogens is 1. The molecule has 0 spiro atoms. The van der Waals surface area contributed by atoms with E-state index in [1.54, 1.807) is 39.0 Å². The van der Waals surface area contributed by atoms with Gasteiger partial charge >= 0.3 is 87.7 Å². The van der Waals surface area contributed by atoms with Gasteiger partial charge in [-0.15, -0.1) is 0 Å². The van der Waals surface area contributed by atoms with Gasteiger partial charge in [0.25, 0.3) is 0 Å². The monoisotopic (exact) mass is 905 g/mol. The summed E-state index contributed by atoms with van der Waals surface area (Å²) in [6.45, 7) is 17.5. The van der Waals surface area contributed by atoms with Crippen LogP contribution in [-0.2, 0) is 37.8 Å². The molecular formula is C42H62B3FLiNaO16. The van der Waals surface area contributed by atoms with Crippen molar-refractivity contribution in [2.24, 2.45) is 0 Å². The number of benzene rings is 3. The summed E-state index contributed by atoms with van der Waals surface area (Å²) in [6.07, 6.45) is -1.50. The number of phenolic OH excluding ortho intramolecular Hbond substituents is 1. The molecule has 3 heterocycles. The number of aliphatic carboxylic acids is 1. The molecule has 16 nitrogen and oxygen atoms in total. The third kappa shape index (κ3) is 17.3. The SMILES string of the molecule is C.CCOC(=O)CC1OB(O)c2cc(O)cc(C)c21.CCOC(=O)CC1OB(O)c2cc(OC(C)C)cc(C)c21.Cc1cc(OC(C)C)cc2c1C(CC(=O)O)OB2O.[2H]CF.[H-].[Li+].[Na+].[OH-]. The fraction of sp³-hybridized carbons (Fsp3) is 0.500. The Morgan fingerprint density at radius 2 is 1.02 bits per heavy atom. The molecule has 3 aliphatic rings. The van der Waals surface area contributed by atoms with Crippen molar-refractivity contribution in [1.29, 1.82) is 0 Å². The first-order valence-electron chi connectivity index (χ1n) is 20.3. The van der Waals surface area contributed by atoms with Crippen LogP contribution in [-0.4, -0.2) is 103 Å². The average Bonchev–Trinajstić information content (AvgIpc) is 3.74. The molecule has 6 rings (SSSR count). The van der Waals surface area contributed by atoms with E-state index in [1.165, 1.54) is 6.07 Å². The molecule has 0 amide bonds. The third-order valence-corrected chi connectivity index (χ3v) is 9.25. The minimum atomic E-state index is -1.11. The van der Waals surface area contributed by atoms with Crippen LogP contribution < -0.4 is 74.3 Å². The average molecular weight is 905 g/mol. The number of phenols is 1. The summed E-state index contributed by atoms with van der Waals surface area (Å²) in [7, 11) is -4.23. The van der Waals surface area contributed by atoms with E-state index in [4.69, 9.17) is 39.4 Å². The number of carboxylic acid groups (broad SMARTS) is 1. The Bertz CT molecular complexity index is 1990. The van der Waals surface area contributed by atoms with Gasteiger partial charge in [0.05, 0.1) is 71.5 Å². The van der Waals surface area contributed by atoms with Gasteiger partial charge in [-0.2, -0.15) is 0 Å². The van der Waals surface area contributed by atoms with Crippen LogP contribution in [0.1, 0.15) is 123 Å². The fourth-order valence-electron chi connectivity index (χ4n) is 7.24. The number of carbonyl (C=O) groups excluding carboxylic acids is 2. The number of aromatic hydroxyl groups is 1. The molecule has 0 aromatic heterocycles. The Balaban J connectivity index is -0.000000845. The summed E-state index contributed by atoms with van der Waals surface area (Å²) in [5.41, 5.74) is 6.75. The predicted molar refractivity (Wildman–Crippen MR) is 233 cm³/mol. The van der Waals surface area contributed by atoms with E-state index >= 15 is 0 Å². The third-order valence-electron chi connectivity index (χ3n) is 9.25. The molecule has 3 aliphatic heterocycles. The van der Waals surface area contributed by atoms with Crippen LogP contribution in [0.3, 0.4) is 0 Å². The quantitative estimate of drug-likeness (QED) is 0.0983. The summed E-state index contributed by atoms with van der Waals surface area (Å²) < 4.78 is 52.7. The minimum Gasteiger partial charge on any atom is -1.00 e. The van der Waals surface area contributed by atoms with Crippen molar-refractivity contribution in [2.45, 2.75) is 120 Å². The summed E-state index contributed by atoms with van der Waals surface area (Å²) >= 11 is 0. The van der Waals surface area contributed by atoms with Gasteiger partial charge in [-0.1, -0.05) is 7.43 Å². The molecule has 3 atom stereocenters. The second-order valence-corrected chi connectivity index (χ2v) is 14.6. The van der Waals surface area contributed by atoms with Crippen molar-refractivity contribution in [3.8, 4) is 17.2 Å². The Labute approximate surface area is 413 Å². The van der Waals surface area contributed by atoms with E-state index in [9.17, 15) is 39.0 Å². The molecule has 0 saturated carbocycles. The number of ether oxygens (including phenoxy) is 4. The van der Waals surface area contributed by atoms with Gasteiger partial charge in [0, 0.05) is 0 Å². The van der Waals surface area contributed by atoms with E-state index in [0.717, 1.165) is 33.4 Å². The van der Waals surface area contributed by atoms with E-state index in [0.29, 0.717) is 41.1 Å². The molecule has 64 heavy (non-hydrogen) atoms. The normalized spacial score (nSPS) is 16.1. The van der Waals surface area contributed by atoms with Crippen LogP contribution in [0.25, 0.3) is 0 Å². The number of hydrogen-bond donors (Lipinski definition) is 5. The van der Waals surface area contributed by atoms with Crippen molar-refractivity contribution in [3.05, 3.63) is 69.8 Å². The second-order valence-electron chi connectivity index (χ2n) is 14.6. The maximum atomic E-state index is 11.6. The second kappa shape index (κ2) is 29.5. The van der Waals surface area contributed by atoms with Gasteiger partial charge in [-0.3, -0.25) is 18.8 Å². The number of carbonyl (C=O) groups is 3. The van der Waals surface area contributed by atoms with Gasteiger partial charge in [0.1, 0.15) is 17.2 Å². The van der Waals surface area contributed by atoms with Crippen molar-refractivity contribution in [2.75, 3.05) is 20.4 Å². The molecule has 0 radical (unpaired) electrons. The first-order valence-corrected chi connectivity index (χ1v) is 19.6. The van der Waals surface area contributed by atoms with Gasteiger partial charge in [-0.05, 0) is 148 Å². The Morgan fingerprint density at radius 3 is 1.33 bits per heavy atom. The van der Waals surface area contributed by atoms with Gasteiger partial charge in [0.2, 0.25) is 0 Å². The summed E-state index contributed by atoms with van der Waals surface area (Å²) in [5.74, 6) is -0.220. The molecule has 0 bridgehead atoms. The predicted octanol–water partition coefficient (Wildman–Crippen LogP) is -1.91. The van der Waals surface area contributed by atoms with Crippen molar-refractivity contribution in [1.82, 2.24) is 0 Å². The molecule has 0 saturated heterocycles. The number of hydrogen-bond acceptors (Lipinski definition) is 15. The number of rotatable bonds is 12.